The minimum Gasteiger partial charge on any atom is -0.358 e. The zero-order chi connectivity index (χ0) is 18.7. The third-order valence-electron chi connectivity index (χ3n) is 5.35. The van der Waals surface area contributed by atoms with Crippen LogP contribution >= 0.6 is 11.8 Å². The fourth-order valence-corrected chi connectivity index (χ4v) is 5.82. The number of hydrogen-bond donors (Lipinski definition) is 1. The maximum absolute atomic E-state index is 11.7. The monoisotopic (exact) mass is 398 g/mol. The number of thioether (sulfide) groups is 1. The van der Waals surface area contributed by atoms with Crippen LogP contribution in [0.15, 0.2) is 29.2 Å². The van der Waals surface area contributed by atoms with E-state index in [9.17, 15) is 8.42 Å². The molecule has 0 spiro atoms. The average Bonchev–Trinajstić information content (AvgIpc) is 3.16. The first-order valence-corrected chi connectivity index (χ1v) is 12.4. The van der Waals surface area contributed by atoms with Crippen LogP contribution in [0, 0.1) is 0 Å². The molecule has 146 valence electrons. The average molecular weight is 399 g/mol. The SMILES string of the molecule is CCN1C(O[C@@H](C)C2CCCS2)CNCC1c1ccc(S(C)(=O)=O)cc1. The van der Waals surface area contributed by atoms with Crippen LogP contribution in [0.25, 0.3) is 0 Å². The molecule has 2 saturated heterocycles. The summed E-state index contributed by atoms with van der Waals surface area (Å²) in [4.78, 5) is 2.76. The number of sulfone groups is 1. The van der Waals surface area contributed by atoms with Gasteiger partial charge < -0.3 is 10.1 Å². The second-order valence-electron chi connectivity index (χ2n) is 7.19. The lowest BCUT2D eigenvalue weighted by molar-refractivity contribution is -0.120. The predicted molar refractivity (Wildman–Crippen MR) is 107 cm³/mol. The molecule has 2 fully saturated rings. The van der Waals surface area contributed by atoms with E-state index in [2.05, 4.69) is 24.1 Å². The molecule has 3 rings (SSSR count). The third kappa shape index (κ3) is 4.62. The molecule has 1 aromatic carbocycles. The molecular formula is C19H30N2O3S2. The summed E-state index contributed by atoms with van der Waals surface area (Å²) in [7, 11) is -3.16. The summed E-state index contributed by atoms with van der Waals surface area (Å²) < 4.78 is 29.8. The van der Waals surface area contributed by atoms with Gasteiger partial charge in [-0.3, -0.25) is 4.90 Å². The Balaban J connectivity index is 1.72. The van der Waals surface area contributed by atoms with Gasteiger partial charge in [-0.25, -0.2) is 8.42 Å². The normalized spacial score (nSPS) is 29.0. The van der Waals surface area contributed by atoms with Gasteiger partial charge in [-0.15, -0.1) is 0 Å². The summed E-state index contributed by atoms with van der Waals surface area (Å²) >= 11 is 2.03. The van der Waals surface area contributed by atoms with Crippen LogP contribution in [-0.4, -0.2) is 62.5 Å². The second kappa shape index (κ2) is 8.61. The van der Waals surface area contributed by atoms with Gasteiger partial charge in [0.1, 0.15) is 6.23 Å². The summed E-state index contributed by atoms with van der Waals surface area (Å²) in [6.45, 7) is 6.93. The molecule has 0 aliphatic carbocycles. The lowest BCUT2D eigenvalue weighted by Gasteiger charge is -2.43. The lowest BCUT2D eigenvalue weighted by atomic mass is 10.0. The maximum atomic E-state index is 11.7. The molecule has 7 heteroatoms. The van der Waals surface area contributed by atoms with Crippen LogP contribution in [0.3, 0.4) is 0 Å². The molecule has 2 aliphatic heterocycles. The molecule has 4 atom stereocenters. The molecule has 0 bridgehead atoms. The van der Waals surface area contributed by atoms with Gasteiger partial charge in [0.05, 0.1) is 11.0 Å². The maximum Gasteiger partial charge on any atom is 0.175 e. The van der Waals surface area contributed by atoms with Gasteiger partial charge in [-0.1, -0.05) is 19.1 Å². The Morgan fingerprint density at radius 1 is 1.31 bits per heavy atom. The van der Waals surface area contributed by atoms with Crippen LogP contribution in [-0.2, 0) is 14.6 Å². The highest BCUT2D eigenvalue weighted by atomic mass is 32.2. The first kappa shape index (κ1) is 20.1. The quantitative estimate of drug-likeness (QED) is 0.795. The molecule has 1 N–H and O–H groups in total. The molecule has 5 nitrogen and oxygen atoms in total. The van der Waals surface area contributed by atoms with E-state index < -0.39 is 9.84 Å². The highest BCUT2D eigenvalue weighted by molar-refractivity contribution is 8.00. The van der Waals surface area contributed by atoms with Gasteiger partial charge in [0, 0.05) is 30.6 Å². The van der Waals surface area contributed by atoms with Gasteiger partial charge in [-0.2, -0.15) is 11.8 Å². The largest absolute Gasteiger partial charge is 0.358 e. The molecule has 1 aromatic rings. The van der Waals surface area contributed by atoms with Crippen LogP contribution in [0.1, 0.15) is 38.3 Å². The van der Waals surface area contributed by atoms with Gasteiger partial charge in [0.25, 0.3) is 0 Å². The zero-order valence-electron chi connectivity index (χ0n) is 15.8. The van der Waals surface area contributed by atoms with Crippen molar-refractivity contribution < 1.29 is 13.2 Å². The minimum absolute atomic E-state index is 0.0459. The Morgan fingerprint density at radius 3 is 2.62 bits per heavy atom. The molecule has 0 aromatic heterocycles. The number of likely N-dealkylation sites (N-methyl/N-ethyl adjacent to an activating group) is 1. The Bertz CT molecular complexity index is 687. The van der Waals surface area contributed by atoms with E-state index in [4.69, 9.17) is 4.74 Å². The minimum atomic E-state index is -3.16. The van der Waals surface area contributed by atoms with Crippen LogP contribution in [0.2, 0.25) is 0 Å². The van der Waals surface area contributed by atoms with Crippen molar-refractivity contribution in [3.05, 3.63) is 29.8 Å². The van der Waals surface area contributed by atoms with Gasteiger partial charge >= 0.3 is 0 Å². The molecule has 0 saturated carbocycles. The van der Waals surface area contributed by atoms with Crippen molar-refractivity contribution in [2.24, 2.45) is 0 Å². The number of nitrogens with zero attached hydrogens (tertiary/aromatic N) is 1. The van der Waals surface area contributed by atoms with E-state index in [0.717, 1.165) is 25.2 Å². The molecule has 26 heavy (non-hydrogen) atoms. The van der Waals surface area contributed by atoms with E-state index in [1.165, 1.54) is 24.9 Å². The van der Waals surface area contributed by atoms with E-state index in [1.54, 1.807) is 12.1 Å². The molecule has 0 amide bonds. The standard InChI is InChI=1S/C19H30N2O3S2/c1-4-21-17(15-7-9-16(10-8-15)26(3,22)23)12-20-13-19(21)24-14(2)18-6-5-11-25-18/h7-10,14,17-20H,4-6,11-13H2,1-3H3/t14-,17?,18?,19?/m0/s1. The number of hydrogen-bond acceptors (Lipinski definition) is 6. The van der Waals surface area contributed by atoms with Crippen molar-refractivity contribution >= 4 is 21.6 Å². The first-order valence-electron chi connectivity index (χ1n) is 9.43. The van der Waals surface area contributed by atoms with E-state index in [-0.39, 0.29) is 18.4 Å². The molecular weight excluding hydrogens is 368 g/mol. The van der Waals surface area contributed by atoms with Crippen LogP contribution in [0.5, 0.6) is 0 Å². The van der Waals surface area contributed by atoms with E-state index in [0.29, 0.717) is 10.1 Å². The number of piperazine rings is 1. The smallest absolute Gasteiger partial charge is 0.175 e. The van der Waals surface area contributed by atoms with Gasteiger partial charge in [0.2, 0.25) is 0 Å². The highest BCUT2D eigenvalue weighted by Crippen LogP contribution is 2.32. The van der Waals surface area contributed by atoms with Gasteiger partial charge in [0.15, 0.2) is 9.84 Å². The van der Waals surface area contributed by atoms with Gasteiger partial charge in [-0.05, 0) is 49.8 Å². The number of ether oxygens (including phenoxy) is 1. The zero-order valence-corrected chi connectivity index (χ0v) is 17.5. The predicted octanol–water partition coefficient (Wildman–Crippen LogP) is 2.68. The van der Waals surface area contributed by atoms with Crippen LogP contribution in [0.4, 0.5) is 0 Å². The fraction of sp³-hybridized carbons (Fsp3) is 0.684. The third-order valence-corrected chi connectivity index (χ3v) is 8.05. The Labute approximate surface area is 161 Å². The van der Waals surface area contributed by atoms with Crippen molar-refractivity contribution in [3.63, 3.8) is 0 Å². The number of nitrogens with one attached hydrogen (secondary N) is 1. The summed E-state index contributed by atoms with van der Waals surface area (Å²) in [5, 5.41) is 4.10. The molecule has 2 aliphatic rings. The van der Waals surface area contributed by atoms with Crippen molar-refractivity contribution in [1.82, 2.24) is 10.2 Å². The van der Waals surface area contributed by atoms with E-state index >= 15 is 0 Å². The van der Waals surface area contributed by atoms with Crippen LogP contribution < -0.4 is 5.32 Å². The summed E-state index contributed by atoms with van der Waals surface area (Å²) in [6.07, 6.45) is 4.07. The number of benzene rings is 1. The van der Waals surface area contributed by atoms with Crippen molar-refractivity contribution in [2.75, 3.05) is 31.6 Å². The summed E-state index contributed by atoms with van der Waals surface area (Å²) in [5.41, 5.74) is 1.13. The Kier molecular flexibility index (Phi) is 6.67. The fourth-order valence-electron chi connectivity index (χ4n) is 3.88. The number of rotatable bonds is 6. The highest BCUT2D eigenvalue weighted by Gasteiger charge is 2.34. The van der Waals surface area contributed by atoms with Crippen molar-refractivity contribution in [2.45, 2.75) is 55.2 Å². The summed E-state index contributed by atoms with van der Waals surface area (Å²) in [5.74, 6) is 1.24. The molecule has 2 heterocycles. The molecule has 3 unspecified atom stereocenters. The van der Waals surface area contributed by atoms with Crippen molar-refractivity contribution in [1.29, 1.82) is 0 Å². The van der Waals surface area contributed by atoms with E-state index in [1.807, 2.05) is 23.9 Å². The first-order chi connectivity index (χ1) is 12.4. The topological polar surface area (TPSA) is 58.6 Å². The summed E-state index contributed by atoms with van der Waals surface area (Å²) in [6, 6.07) is 7.48. The Morgan fingerprint density at radius 2 is 2.04 bits per heavy atom. The Hall–Kier alpha value is -0.600. The molecule has 0 radical (unpaired) electrons. The van der Waals surface area contributed by atoms with Crippen molar-refractivity contribution in [3.8, 4) is 0 Å². The second-order valence-corrected chi connectivity index (χ2v) is 10.6. The lowest BCUT2D eigenvalue weighted by Crippen LogP contribution is -2.55.